The van der Waals surface area contributed by atoms with Crippen molar-refractivity contribution in [2.24, 2.45) is 0 Å². The van der Waals surface area contributed by atoms with Gasteiger partial charge in [-0.1, -0.05) is 26.2 Å². The van der Waals surface area contributed by atoms with Crippen molar-refractivity contribution in [3.05, 3.63) is 11.8 Å². The van der Waals surface area contributed by atoms with E-state index in [2.05, 4.69) is 22.4 Å². The maximum absolute atomic E-state index is 12.0. The predicted octanol–water partition coefficient (Wildman–Crippen LogP) is 2.77. The number of urea groups is 1. The molecular weight excluding hydrogens is 228 g/mol. The minimum Gasteiger partial charge on any atom is -0.325 e. The highest BCUT2D eigenvalue weighted by molar-refractivity contribution is 5.88. The summed E-state index contributed by atoms with van der Waals surface area (Å²) in [5.74, 6) is 0.632. The van der Waals surface area contributed by atoms with Gasteiger partial charge < -0.3 is 4.90 Å². The third kappa shape index (κ3) is 3.48. The third-order valence-electron chi connectivity index (χ3n) is 3.28. The summed E-state index contributed by atoms with van der Waals surface area (Å²) in [6.07, 6.45) is 6.71. The van der Waals surface area contributed by atoms with Crippen molar-refractivity contribution < 1.29 is 4.79 Å². The lowest BCUT2D eigenvalue weighted by Crippen LogP contribution is -2.35. The number of likely N-dealkylation sites (tertiary alicyclic amines) is 1. The van der Waals surface area contributed by atoms with E-state index in [4.69, 9.17) is 0 Å². The molecule has 1 aromatic heterocycles. The zero-order valence-corrected chi connectivity index (χ0v) is 11.0. The summed E-state index contributed by atoms with van der Waals surface area (Å²) < 4.78 is 0. The molecule has 2 heterocycles. The maximum atomic E-state index is 12.0. The Balaban J connectivity index is 1.88. The summed E-state index contributed by atoms with van der Waals surface area (Å²) in [6.45, 7) is 3.84. The Hall–Kier alpha value is -1.52. The van der Waals surface area contributed by atoms with Crippen LogP contribution in [0.25, 0.3) is 0 Å². The standard InChI is InChI=1S/C13H22N4O/c1-2-7-11-10-12(16-15-11)14-13(18)17-8-5-3-4-6-9-17/h10H,2-9H2,1H3,(H2,14,15,16,18). The van der Waals surface area contributed by atoms with E-state index < -0.39 is 0 Å². The Labute approximate surface area is 108 Å². The fourth-order valence-corrected chi connectivity index (χ4v) is 2.29. The van der Waals surface area contributed by atoms with Crippen molar-refractivity contribution in [3.63, 3.8) is 0 Å². The van der Waals surface area contributed by atoms with Gasteiger partial charge >= 0.3 is 6.03 Å². The second-order valence-corrected chi connectivity index (χ2v) is 4.86. The molecule has 100 valence electrons. The number of H-pyrrole nitrogens is 1. The number of hydrogen-bond acceptors (Lipinski definition) is 2. The van der Waals surface area contributed by atoms with E-state index in [0.29, 0.717) is 5.82 Å². The molecule has 0 bridgehead atoms. The van der Waals surface area contributed by atoms with Crippen LogP contribution < -0.4 is 5.32 Å². The van der Waals surface area contributed by atoms with Crippen molar-refractivity contribution in [1.82, 2.24) is 15.1 Å². The fraction of sp³-hybridized carbons (Fsp3) is 0.692. The summed E-state index contributed by atoms with van der Waals surface area (Å²) in [7, 11) is 0. The van der Waals surface area contributed by atoms with Gasteiger partial charge in [-0.3, -0.25) is 10.4 Å². The van der Waals surface area contributed by atoms with Gasteiger partial charge in [-0.25, -0.2) is 4.79 Å². The summed E-state index contributed by atoms with van der Waals surface area (Å²) >= 11 is 0. The molecule has 0 spiro atoms. The average Bonchev–Trinajstić information content (AvgIpc) is 2.65. The number of aryl methyl sites for hydroxylation is 1. The highest BCUT2D eigenvalue weighted by Crippen LogP contribution is 2.12. The van der Waals surface area contributed by atoms with Crippen LogP contribution in [0.2, 0.25) is 0 Å². The maximum Gasteiger partial charge on any atom is 0.323 e. The van der Waals surface area contributed by atoms with E-state index in [1.54, 1.807) is 0 Å². The van der Waals surface area contributed by atoms with Crippen LogP contribution in [0.15, 0.2) is 6.07 Å². The van der Waals surface area contributed by atoms with Crippen LogP contribution in [0.4, 0.5) is 10.6 Å². The zero-order chi connectivity index (χ0) is 12.8. The van der Waals surface area contributed by atoms with Crippen LogP contribution in [0, 0.1) is 0 Å². The summed E-state index contributed by atoms with van der Waals surface area (Å²) in [6, 6.07) is 1.89. The van der Waals surface area contributed by atoms with Gasteiger partial charge in [0.05, 0.1) is 0 Å². The lowest BCUT2D eigenvalue weighted by Gasteiger charge is -2.19. The number of anilines is 1. The molecule has 1 saturated heterocycles. The first-order valence-electron chi connectivity index (χ1n) is 6.90. The van der Waals surface area contributed by atoms with Crippen molar-refractivity contribution in [1.29, 1.82) is 0 Å². The van der Waals surface area contributed by atoms with E-state index >= 15 is 0 Å². The minimum atomic E-state index is -0.0218. The van der Waals surface area contributed by atoms with Gasteiger partial charge in [-0.05, 0) is 19.3 Å². The van der Waals surface area contributed by atoms with Gasteiger partial charge in [-0.15, -0.1) is 0 Å². The molecule has 1 aliphatic rings. The molecule has 0 radical (unpaired) electrons. The van der Waals surface area contributed by atoms with Gasteiger partial charge in [0.15, 0.2) is 5.82 Å². The molecule has 2 N–H and O–H groups in total. The quantitative estimate of drug-likeness (QED) is 0.866. The van der Waals surface area contributed by atoms with Crippen LogP contribution in [0.3, 0.4) is 0 Å². The second-order valence-electron chi connectivity index (χ2n) is 4.86. The minimum absolute atomic E-state index is 0.0218. The molecule has 2 rings (SSSR count). The van der Waals surface area contributed by atoms with Crippen LogP contribution in [-0.4, -0.2) is 34.2 Å². The Kier molecular flexibility index (Phi) is 4.61. The number of rotatable bonds is 3. The molecule has 1 fully saturated rings. The largest absolute Gasteiger partial charge is 0.325 e. The molecule has 2 amide bonds. The van der Waals surface area contributed by atoms with Crippen LogP contribution >= 0.6 is 0 Å². The lowest BCUT2D eigenvalue weighted by molar-refractivity contribution is 0.213. The summed E-state index contributed by atoms with van der Waals surface area (Å²) in [5.41, 5.74) is 1.07. The third-order valence-corrected chi connectivity index (χ3v) is 3.28. The van der Waals surface area contributed by atoms with Crippen molar-refractivity contribution >= 4 is 11.8 Å². The average molecular weight is 250 g/mol. The number of nitrogens with one attached hydrogen (secondary N) is 2. The highest BCUT2D eigenvalue weighted by atomic mass is 16.2. The highest BCUT2D eigenvalue weighted by Gasteiger charge is 2.16. The van der Waals surface area contributed by atoms with E-state index in [-0.39, 0.29) is 6.03 Å². The van der Waals surface area contributed by atoms with Crippen LogP contribution in [0.5, 0.6) is 0 Å². The first-order valence-corrected chi connectivity index (χ1v) is 6.90. The van der Waals surface area contributed by atoms with Gasteiger partial charge in [0.2, 0.25) is 0 Å². The SMILES string of the molecule is CCCc1cc(NC(=O)N2CCCCCC2)n[nH]1. The van der Waals surface area contributed by atoms with Crippen LogP contribution in [0.1, 0.15) is 44.7 Å². The van der Waals surface area contributed by atoms with E-state index in [9.17, 15) is 4.79 Å². The Morgan fingerprint density at radius 1 is 1.39 bits per heavy atom. The van der Waals surface area contributed by atoms with Crippen molar-refractivity contribution in [3.8, 4) is 0 Å². The van der Waals surface area contributed by atoms with Gasteiger partial charge in [0.25, 0.3) is 0 Å². The predicted molar refractivity (Wildman–Crippen MR) is 71.6 cm³/mol. The first kappa shape index (κ1) is 12.9. The monoisotopic (exact) mass is 250 g/mol. The van der Waals surface area contributed by atoms with Crippen molar-refractivity contribution in [2.45, 2.75) is 45.4 Å². The molecule has 0 aliphatic carbocycles. The molecule has 0 atom stereocenters. The molecule has 5 heteroatoms. The molecule has 18 heavy (non-hydrogen) atoms. The van der Waals surface area contributed by atoms with Gasteiger partial charge in [0, 0.05) is 24.8 Å². The number of aromatic amines is 1. The lowest BCUT2D eigenvalue weighted by atomic mass is 10.2. The Morgan fingerprint density at radius 2 is 2.11 bits per heavy atom. The van der Waals surface area contributed by atoms with Gasteiger partial charge in [-0.2, -0.15) is 5.10 Å². The normalized spacial score (nSPS) is 16.4. The smallest absolute Gasteiger partial charge is 0.323 e. The number of nitrogens with zero attached hydrogens (tertiary/aromatic N) is 2. The van der Waals surface area contributed by atoms with E-state index in [0.717, 1.165) is 44.5 Å². The number of carbonyl (C=O) groups excluding carboxylic acids is 1. The number of hydrogen-bond donors (Lipinski definition) is 2. The number of aromatic nitrogens is 2. The van der Waals surface area contributed by atoms with Gasteiger partial charge in [0.1, 0.15) is 0 Å². The molecule has 0 aromatic carbocycles. The molecular formula is C13H22N4O. The molecule has 1 aromatic rings. The second kappa shape index (κ2) is 6.42. The van der Waals surface area contributed by atoms with Crippen molar-refractivity contribution in [2.75, 3.05) is 18.4 Å². The Bertz CT molecular complexity index is 380. The molecule has 5 nitrogen and oxygen atoms in total. The number of amides is 2. The fourth-order valence-electron chi connectivity index (χ4n) is 2.29. The Morgan fingerprint density at radius 3 is 2.78 bits per heavy atom. The molecule has 0 unspecified atom stereocenters. The van der Waals surface area contributed by atoms with E-state index in [1.165, 1.54) is 12.8 Å². The summed E-state index contributed by atoms with van der Waals surface area (Å²) in [4.78, 5) is 13.9. The topological polar surface area (TPSA) is 61.0 Å². The molecule has 0 saturated carbocycles. The van der Waals surface area contributed by atoms with Crippen LogP contribution in [-0.2, 0) is 6.42 Å². The zero-order valence-electron chi connectivity index (χ0n) is 11.0. The first-order chi connectivity index (χ1) is 8.79. The van der Waals surface area contributed by atoms with E-state index in [1.807, 2.05) is 11.0 Å². The number of carbonyl (C=O) groups is 1. The summed E-state index contributed by atoms with van der Waals surface area (Å²) in [5, 5.41) is 9.92. The molecule has 1 aliphatic heterocycles.